The van der Waals surface area contributed by atoms with Crippen molar-refractivity contribution < 1.29 is 18.3 Å². The van der Waals surface area contributed by atoms with Crippen molar-refractivity contribution in [3.05, 3.63) is 94.3 Å². The number of benzene rings is 3. The second kappa shape index (κ2) is 7.73. The van der Waals surface area contributed by atoms with Gasteiger partial charge in [-0.3, -0.25) is 9.59 Å². The molecule has 0 bridgehead atoms. The van der Waals surface area contributed by atoms with E-state index in [1.54, 1.807) is 18.2 Å². The molecule has 8 heteroatoms. The van der Waals surface area contributed by atoms with Crippen molar-refractivity contribution in [2.24, 2.45) is 0 Å². The predicted molar refractivity (Wildman–Crippen MR) is 117 cm³/mol. The van der Waals surface area contributed by atoms with Gasteiger partial charge in [-0.2, -0.15) is 0 Å². The van der Waals surface area contributed by atoms with Crippen LogP contribution in [0.4, 0.5) is 5.69 Å². The summed E-state index contributed by atoms with van der Waals surface area (Å²) < 4.78 is 25.8. The number of anilines is 1. The summed E-state index contributed by atoms with van der Waals surface area (Å²) >= 11 is 0. The van der Waals surface area contributed by atoms with Crippen LogP contribution in [0.3, 0.4) is 0 Å². The summed E-state index contributed by atoms with van der Waals surface area (Å²) in [5, 5.41) is 13.5. The van der Waals surface area contributed by atoms with E-state index in [2.05, 4.69) is 10.3 Å². The molecule has 0 aliphatic rings. The average Bonchev–Trinajstić information content (AvgIpc) is 2.75. The van der Waals surface area contributed by atoms with E-state index >= 15 is 0 Å². The zero-order valence-electron chi connectivity index (χ0n) is 16.4. The Bertz CT molecular complexity index is 1460. The maximum atomic E-state index is 12.9. The highest BCUT2D eigenvalue weighted by molar-refractivity contribution is 7.91. The highest BCUT2D eigenvalue weighted by Gasteiger charge is 2.27. The van der Waals surface area contributed by atoms with E-state index in [0.717, 1.165) is 5.56 Å². The molecule has 1 heterocycles. The van der Waals surface area contributed by atoms with Crippen molar-refractivity contribution in [2.75, 3.05) is 5.32 Å². The van der Waals surface area contributed by atoms with E-state index in [9.17, 15) is 23.1 Å². The minimum absolute atomic E-state index is 0.107. The monoisotopic (exact) mass is 434 g/mol. The summed E-state index contributed by atoms with van der Waals surface area (Å²) in [5.41, 5.74) is 1.08. The maximum absolute atomic E-state index is 12.9. The van der Waals surface area contributed by atoms with Gasteiger partial charge in [-0.05, 0) is 49.4 Å². The molecule has 3 N–H and O–H groups in total. The third-order valence-corrected chi connectivity index (χ3v) is 6.65. The van der Waals surface area contributed by atoms with Crippen LogP contribution in [0, 0.1) is 6.92 Å². The number of carbonyl (C=O) groups is 1. The van der Waals surface area contributed by atoms with Crippen molar-refractivity contribution in [3.8, 4) is 5.75 Å². The summed E-state index contributed by atoms with van der Waals surface area (Å²) in [6, 6.07) is 18.9. The zero-order chi connectivity index (χ0) is 22.2. The topological polar surface area (TPSA) is 116 Å². The Balaban J connectivity index is 1.76. The molecule has 0 spiro atoms. The zero-order valence-corrected chi connectivity index (χ0v) is 17.2. The number of sulfone groups is 1. The molecular formula is C23H18N2O5S. The first-order valence-electron chi connectivity index (χ1n) is 9.34. The fourth-order valence-corrected chi connectivity index (χ4v) is 4.62. The summed E-state index contributed by atoms with van der Waals surface area (Å²) in [6.45, 7) is 1.93. The molecule has 3 aromatic carbocycles. The van der Waals surface area contributed by atoms with E-state index in [1.165, 1.54) is 42.5 Å². The van der Waals surface area contributed by atoms with Crippen LogP contribution in [0.2, 0.25) is 0 Å². The van der Waals surface area contributed by atoms with E-state index in [0.29, 0.717) is 5.69 Å². The standard InChI is InChI=1S/C23H18N2O5S/c1-14-7-10-16(11-8-14)24-22(27)15-9-12-18-19(13-15)25-23(28)21(20(18)26)31(29,30)17-5-3-2-4-6-17/h2-13H,1H3,(H,24,27)(H2,25,26,28). The normalized spacial score (nSPS) is 11.4. The van der Waals surface area contributed by atoms with Crippen LogP contribution in [0.1, 0.15) is 15.9 Å². The van der Waals surface area contributed by atoms with E-state index in [-0.39, 0.29) is 21.4 Å². The molecule has 4 rings (SSSR count). The number of carbonyl (C=O) groups excluding carboxylic acids is 1. The van der Waals surface area contributed by atoms with Gasteiger partial charge in [-0.1, -0.05) is 35.9 Å². The Morgan fingerprint density at radius 1 is 0.968 bits per heavy atom. The molecular weight excluding hydrogens is 416 g/mol. The molecule has 0 saturated carbocycles. The molecule has 4 aromatic rings. The SMILES string of the molecule is Cc1ccc(NC(=O)c2ccc3c(O)c(S(=O)(=O)c4ccccc4)c(=O)[nH]c3c2)cc1. The number of H-pyrrole nitrogens is 1. The number of aryl methyl sites for hydroxylation is 1. The summed E-state index contributed by atoms with van der Waals surface area (Å²) in [5.74, 6) is -1.07. The molecule has 0 aliphatic heterocycles. The van der Waals surface area contributed by atoms with Crippen LogP contribution in [0.5, 0.6) is 5.75 Å². The number of nitrogens with one attached hydrogen (secondary N) is 2. The number of aromatic nitrogens is 1. The average molecular weight is 434 g/mol. The van der Waals surface area contributed by atoms with Gasteiger partial charge in [0, 0.05) is 16.6 Å². The fourth-order valence-electron chi connectivity index (χ4n) is 3.21. The Labute approximate surface area is 177 Å². The van der Waals surface area contributed by atoms with Crippen molar-refractivity contribution >= 4 is 32.3 Å². The quantitative estimate of drug-likeness (QED) is 0.454. The molecule has 0 radical (unpaired) electrons. The van der Waals surface area contributed by atoms with Gasteiger partial charge in [0.25, 0.3) is 11.5 Å². The van der Waals surface area contributed by atoms with Crippen LogP contribution < -0.4 is 10.9 Å². The lowest BCUT2D eigenvalue weighted by Crippen LogP contribution is -2.18. The second-order valence-corrected chi connectivity index (χ2v) is 8.92. The van der Waals surface area contributed by atoms with Crippen LogP contribution in [0.25, 0.3) is 10.9 Å². The number of rotatable bonds is 4. The van der Waals surface area contributed by atoms with Crippen molar-refractivity contribution in [1.82, 2.24) is 4.98 Å². The number of fused-ring (bicyclic) bond motifs is 1. The second-order valence-electron chi connectivity index (χ2n) is 7.03. The summed E-state index contributed by atoms with van der Waals surface area (Å²) in [4.78, 5) is 26.8. The van der Waals surface area contributed by atoms with Crippen LogP contribution >= 0.6 is 0 Å². The van der Waals surface area contributed by atoms with Crippen LogP contribution in [-0.4, -0.2) is 24.4 Å². The largest absolute Gasteiger partial charge is 0.506 e. The molecule has 0 unspecified atom stereocenters. The number of aromatic hydroxyl groups is 1. The molecule has 1 amide bonds. The molecule has 31 heavy (non-hydrogen) atoms. The third-order valence-electron chi connectivity index (χ3n) is 4.84. The fraction of sp³-hybridized carbons (Fsp3) is 0.0435. The first-order valence-corrected chi connectivity index (χ1v) is 10.8. The number of aromatic amines is 1. The first kappa shape index (κ1) is 20.4. The predicted octanol–water partition coefficient (Wildman–Crippen LogP) is 3.63. The van der Waals surface area contributed by atoms with E-state index in [4.69, 9.17) is 0 Å². The van der Waals surface area contributed by atoms with Gasteiger partial charge >= 0.3 is 0 Å². The van der Waals surface area contributed by atoms with E-state index in [1.807, 2.05) is 19.1 Å². The molecule has 7 nitrogen and oxygen atoms in total. The Kier molecular flexibility index (Phi) is 5.08. The Hall–Kier alpha value is -3.91. The summed E-state index contributed by atoms with van der Waals surface area (Å²) in [6.07, 6.45) is 0. The lowest BCUT2D eigenvalue weighted by molar-refractivity contribution is 0.102. The molecule has 0 fully saturated rings. The van der Waals surface area contributed by atoms with Gasteiger partial charge in [0.15, 0.2) is 4.90 Å². The van der Waals surface area contributed by atoms with Gasteiger partial charge in [0.05, 0.1) is 10.4 Å². The third kappa shape index (κ3) is 3.80. The minimum atomic E-state index is -4.24. The highest BCUT2D eigenvalue weighted by Crippen LogP contribution is 2.31. The van der Waals surface area contributed by atoms with Gasteiger partial charge < -0.3 is 15.4 Å². The Morgan fingerprint density at radius 3 is 2.32 bits per heavy atom. The van der Waals surface area contributed by atoms with Crippen molar-refractivity contribution in [2.45, 2.75) is 16.7 Å². The van der Waals surface area contributed by atoms with Gasteiger partial charge in [-0.15, -0.1) is 0 Å². The van der Waals surface area contributed by atoms with Crippen LogP contribution in [0.15, 0.2) is 87.4 Å². The first-order chi connectivity index (χ1) is 14.8. The number of amides is 1. The number of hydrogen-bond donors (Lipinski definition) is 3. The Morgan fingerprint density at radius 2 is 1.65 bits per heavy atom. The maximum Gasteiger partial charge on any atom is 0.271 e. The molecule has 0 atom stereocenters. The van der Waals surface area contributed by atoms with E-state index < -0.39 is 31.9 Å². The minimum Gasteiger partial charge on any atom is -0.506 e. The van der Waals surface area contributed by atoms with Gasteiger partial charge in [0.1, 0.15) is 5.75 Å². The lowest BCUT2D eigenvalue weighted by Gasteiger charge is -2.10. The van der Waals surface area contributed by atoms with Gasteiger partial charge in [0.2, 0.25) is 9.84 Å². The number of pyridine rings is 1. The molecule has 1 aromatic heterocycles. The highest BCUT2D eigenvalue weighted by atomic mass is 32.2. The summed E-state index contributed by atoms with van der Waals surface area (Å²) in [7, 11) is -4.24. The lowest BCUT2D eigenvalue weighted by atomic mass is 10.1. The number of hydrogen-bond acceptors (Lipinski definition) is 5. The van der Waals surface area contributed by atoms with Crippen LogP contribution in [-0.2, 0) is 9.84 Å². The smallest absolute Gasteiger partial charge is 0.271 e. The molecule has 156 valence electrons. The van der Waals surface area contributed by atoms with Crippen molar-refractivity contribution in [3.63, 3.8) is 0 Å². The molecule has 0 saturated heterocycles. The van der Waals surface area contributed by atoms with Crippen molar-refractivity contribution in [1.29, 1.82) is 0 Å². The van der Waals surface area contributed by atoms with Gasteiger partial charge in [-0.25, -0.2) is 8.42 Å². The molecule has 0 aliphatic carbocycles.